The zero-order chi connectivity index (χ0) is 18.4. The fraction of sp³-hybridized carbons (Fsp3) is 0.400. The molecule has 3 rings (SSSR count). The predicted octanol–water partition coefficient (Wildman–Crippen LogP) is 2.20. The number of aryl methyl sites for hydroxylation is 1. The number of benzene rings is 1. The van der Waals surface area contributed by atoms with E-state index in [-0.39, 0.29) is 18.6 Å². The molecule has 1 aliphatic heterocycles. The van der Waals surface area contributed by atoms with Gasteiger partial charge in [-0.15, -0.1) is 0 Å². The Morgan fingerprint density at radius 1 is 1.23 bits per heavy atom. The molecule has 1 saturated heterocycles. The highest BCUT2D eigenvalue weighted by Gasteiger charge is 2.28. The highest BCUT2D eigenvalue weighted by Crippen LogP contribution is 2.19. The third-order valence-electron chi connectivity index (χ3n) is 4.48. The van der Waals surface area contributed by atoms with Gasteiger partial charge in [-0.1, -0.05) is 18.2 Å². The van der Waals surface area contributed by atoms with Crippen LogP contribution in [0.4, 0.5) is 0 Å². The Morgan fingerprint density at radius 2 is 1.92 bits per heavy atom. The van der Waals surface area contributed by atoms with Gasteiger partial charge in [0.15, 0.2) is 6.10 Å². The summed E-state index contributed by atoms with van der Waals surface area (Å²) in [6.45, 7) is 3.01. The summed E-state index contributed by atoms with van der Waals surface area (Å²) in [4.78, 5) is 18.1. The van der Waals surface area contributed by atoms with Crippen LogP contribution in [-0.2, 0) is 4.79 Å². The number of carbonyl (C=O) groups is 1. The zero-order valence-electron chi connectivity index (χ0n) is 14.9. The number of aliphatic hydroxyl groups excluding tert-OH is 1. The molecule has 26 heavy (non-hydrogen) atoms. The van der Waals surface area contributed by atoms with E-state index >= 15 is 0 Å². The molecule has 138 valence electrons. The number of pyridine rings is 1. The number of ether oxygens (including phenoxy) is 2. The van der Waals surface area contributed by atoms with Gasteiger partial charge in [0.05, 0.1) is 0 Å². The van der Waals surface area contributed by atoms with Crippen LogP contribution in [0.15, 0.2) is 48.8 Å². The number of amides is 1. The number of rotatable bonds is 6. The lowest BCUT2D eigenvalue weighted by atomic mass is 10.1. The SMILES string of the molecule is Cc1ccccc1OC[C@@H](O)C(=O)N1CCC(Oc2ccncc2)CC1. The number of aliphatic hydroxyl groups is 1. The van der Waals surface area contributed by atoms with Gasteiger partial charge in [-0.05, 0) is 30.7 Å². The highest BCUT2D eigenvalue weighted by molar-refractivity contribution is 5.81. The third kappa shape index (κ3) is 4.73. The smallest absolute Gasteiger partial charge is 0.254 e. The van der Waals surface area contributed by atoms with E-state index in [1.165, 1.54) is 0 Å². The Kier molecular flexibility index (Phi) is 6.07. The molecule has 0 saturated carbocycles. The molecule has 1 amide bonds. The van der Waals surface area contributed by atoms with Gasteiger partial charge >= 0.3 is 0 Å². The van der Waals surface area contributed by atoms with Crippen LogP contribution in [0.3, 0.4) is 0 Å². The quantitative estimate of drug-likeness (QED) is 0.859. The molecule has 0 radical (unpaired) electrons. The molecule has 0 unspecified atom stereocenters. The van der Waals surface area contributed by atoms with E-state index in [0.717, 1.165) is 24.2 Å². The summed E-state index contributed by atoms with van der Waals surface area (Å²) in [7, 11) is 0. The Morgan fingerprint density at radius 3 is 2.62 bits per heavy atom. The maximum absolute atomic E-state index is 12.4. The Hall–Kier alpha value is -2.60. The molecule has 1 N–H and O–H groups in total. The summed E-state index contributed by atoms with van der Waals surface area (Å²) in [5.41, 5.74) is 0.973. The number of carbonyl (C=O) groups excluding carboxylic acids is 1. The van der Waals surface area contributed by atoms with Gasteiger partial charge in [-0.3, -0.25) is 9.78 Å². The van der Waals surface area contributed by atoms with Gasteiger partial charge in [0.25, 0.3) is 5.91 Å². The van der Waals surface area contributed by atoms with Gasteiger partial charge in [0.2, 0.25) is 0 Å². The Balaban J connectivity index is 1.44. The van der Waals surface area contributed by atoms with E-state index in [1.807, 2.05) is 43.3 Å². The van der Waals surface area contributed by atoms with Gasteiger partial charge in [-0.25, -0.2) is 0 Å². The van der Waals surface area contributed by atoms with Crippen LogP contribution < -0.4 is 9.47 Å². The van der Waals surface area contributed by atoms with E-state index in [4.69, 9.17) is 9.47 Å². The zero-order valence-corrected chi connectivity index (χ0v) is 14.9. The van der Waals surface area contributed by atoms with Crippen molar-refractivity contribution in [2.75, 3.05) is 19.7 Å². The second-order valence-electron chi connectivity index (χ2n) is 6.42. The molecule has 0 aliphatic carbocycles. The first-order valence-corrected chi connectivity index (χ1v) is 8.85. The van der Waals surface area contributed by atoms with Crippen molar-refractivity contribution in [2.24, 2.45) is 0 Å². The Labute approximate surface area is 153 Å². The summed E-state index contributed by atoms with van der Waals surface area (Å²) in [6, 6.07) is 11.2. The van der Waals surface area contributed by atoms with Crippen LogP contribution >= 0.6 is 0 Å². The minimum Gasteiger partial charge on any atom is -0.490 e. The van der Waals surface area contributed by atoms with Crippen LogP contribution in [-0.4, -0.2) is 52.8 Å². The average Bonchev–Trinajstić information content (AvgIpc) is 2.68. The van der Waals surface area contributed by atoms with Crippen LogP contribution in [0.5, 0.6) is 11.5 Å². The van der Waals surface area contributed by atoms with Crippen molar-refractivity contribution in [1.82, 2.24) is 9.88 Å². The minimum atomic E-state index is -1.16. The molecular formula is C20H24N2O4. The molecular weight excluding hydrogens is 332 g/mol. The fourth-order valence-electron chi connectivity index (χ4n) is 2.97. The third-order valence-corrected chi connectivity index (χ3v) is 4.48. The summed E-state index contributed by atoms with van der Waals surface area (Å²) in [6.07, 6.45) is 3.77. The standard InChI is InChI=1S/C20H24N2O4/c1-15-4-2-3-5-19(15)25-14-18(23)20(24)22-12-8-17(9-13-22)26-16-6-10-21-11-7-16/h2-7,10-11,17-18,23H,8-9,12-14H2,1H3/t18-/m1/s1. The van der Waals surface area contributed by atoms with Crippen LogP contribution in [0, 0.1) is 6.92 Å². The van der Waals surface area contributed by atoms with Crippen LogP contribution in [0.2, 0.25) is 0 Å². The van der Waals surface area contributed by atoms with Crippen molar-refractivity contribution in [1.29, 1.82) is 0 Å². The molecule has 1 fully saturated rings. The van der Waals surface area contributed by atoms with Crippen molar-refractivity contribution >= 4 is 5.91 Å². The number of likely N-dealkylation sites (tertiary alicyclic amines) is 1. The maximum atomic E-state index is 12.4. The first kappa shape index (κ1) is 18.2. The number of aromatic nitrogens is 1. The van der Waals surface area contributed by atoms with Gasteiger partial charge in [0, 0.05) is 38.3 Å². The number of hydrogen-bond acceptors (Lipinski definition) is 5. The first-order chi connectivity index (χ1) is 12.6. The number of nitrogens with zero attached hydrogens (tertiary/aromatic N) is 2. The van der Waals surface area contributed by atoms with Crippen molar-refractivity contribution in [3.8, 4) is 11.5 Å². The molecule has 1 aromatic carbocycles. The summed E-state index contributed by atoms with van der Waals surface area (Å²) in [5, 5.41) is 10.2. The molecule has 1 atom stereocenters. The molecule has 6 heteroatoms. The molecule has 0 spiro atoms. The predicted molar refractivity (Wildman–Crippen MR) is 97.1 cm³/mol. The largest absolute Gasteiger partial charge is 0.490 e. The second kappa shape index (κ2) is 8.67. The lowest BCUT2D eigenvalue weighted by Crippen LogP contribution is -2.47. The summed E-state index contributed by atoms with van der Waals surface area (Å²) < 4.78 is 11.5. The summed E-state index contributed by atoms with van der Waals surface area (Å²) in [5.74, 6) is 1.18. The van der Waals surface area contributed by atoms with E-state index in [1.54, 1.807) is 17.3 Å². The van der Waals surface area contributed by atoms with Gasteiger partial charge in [0.1, 0.15) is 24.2 Å². The lowest BCUT2D eigenvalue weighted by Gasteiger charge is -2.33. The van der Waals surface area contributed by atoms with E-state index < -0.39 is 6.10 Å². The van der Waals surface area contributed by atoms with Crippen LogP contribution in [0.1, 0.15) is 18.4 Å². The number of para-hydroxylation sites is 1. The van der Waals surface area contributed by atoms with Gasteiger partial charge < -0.3 is 19.5 Å². The monoisotopic (exact) mass is 356 g/mol. The fourth-order valence-corrected chi connectivity index (χ4v) is 2.97. The van der Waals surface area contributed by atoms with E-state index in [9.17, 15) is 9.90 Å². The van der Waals surface area contributed by atoms with Crippen molar-refractivity contribution in [3.05, 3.63) is 54.4 Å². The van der Waals surface area contributed by atoms with E-state index in [0.29, 0.717) is 18.8 Å². The molecule has 1 aliphatic rings. The van der Waals surface area contributed by atoms with Crippen LogP contribution in [0.25, 0.3) is 0 Å². The van der Waals surface area contributed by atoms with E-state index in [2.05, 4.69) is 4.98 Å². The molecule has 2 heterocycles. The molecule has 2 aromatic rings. The van der Waals surface area contributed by atoms with Crippen molar-refractivity contribution in [3.63, 3.8) is 0 Å². The number of piperidine rings is 1. The number of hydrogen-bond donors (Lipinski definition) is 1. The first-order valence-electron chi connectivity index (χ1n) is 8.85. The molecule has 1 aromatic heterocycles. The lowest BCUT2D eigenvalue weighted by molar-refractivity contribution is -0.143. The maximum Gasteiger partial charge on any atom is 0.254 e. The molecule has 6 nitrogen and oxygen atoms in total. The minimum absolute atomic E-state index is 0.0445. The summed E-state index contributed by atoms with van der Waals surface area (Å²) >= 11 is 0. The molecule has 0 bridgehead atoms. The second-order valence-corrected chi connectivity index (χ2v) is 6.42. The average molecular weight is 356 g/mol. The Bertz CT molecular complexity index is 715. The topological polar surface area (TPSA) is 71.9 Å². The highest BCUT2D eigenvalue weighted by atomic mass is 16.5. The van der Waals surface area contributed by atoms with Gasteiger partial charge in [-0.2, -0.15) is 0 Å². The van der Waals surface area contributed by atoms with Crippen molar-refractivity contribution in [2.45, 2.75) is 32.0 Å². The van der Waals surface area contributed by atoms with Crippen molar-refractivity contribution < 1.29 is 19.4 Å². The normalized spacial score (nSPS) is 16.2.